The highest BCUT2D eigenvalue weighted by molar-refractivity contribution is 6.31. The Morgan fingerprint density at radius 3 is 2.56 bits per heavy atom. The van der Waals surface area contributed by atoms with Crippen LogP contribution in [0.4, 0.5) is 5.69 Å². The first kappa shape index (κ1) is 17.4. The second-order valence-electron chi connectivity index (χ2n) is 7.08. The Morgan fingerprint density at radius 1 is 1.08 bits per heavy atom. The van der Waals surface area contributed by atoms with E-state index in [1.165, 1.54) is 5.56 Å². The molecule has 2 aromatic carbocycles. The van der Waals surface area contributed by atoms with Gasteiger partial charge in [0.25, 0.3) is 0 Å². The van der Waals surface area contributed by atoms with Crippen LogP contribution in [-0.4, -0.2) is 36.8 Å². The zero-order valence-electron chi connectivity index (χ0n) is 14.7. The highest BCUT2D eigenvalue weighted by Gasteiger charge is 2.07. The molecule has 0 fully saturated rings. The van der Waals surface area contributed by atoms with Gasteiger partial charge in [0.2, 0.25) is 0 Å². The molecule has 1 aromatic heterocycles. The molecule has 4 nitrogen and oxygen atoms in total. The van der Waals surface area contributed by atoms with Crippen molar-refractivity contribution < 1.29 is 4.48 Å². The molecule has 0 amide bonds. The minimum atomic E-state index is 0.681. The smallest absolute Gasteiger partial charge is 0.104 e. The molecular formula is C20H22ClN4+. The summed E-state index contributed by atoms with van der Waals surface area (Å²) in [6.07, 6.45) is 3.57. The number of aromatic nitrogens is 1. The normalized spacial score (nSPS) is 12.0. The molecule has 3 rings (SSSR count). The Morgan fingerprint density at radius 2 is 1.84 bits per heavy atom. The van der Waals surface area contributed by atoms with Crippen molar-refractivity contribution in [2.45, 2.75) is 6.54 Å². The predicted octanol–water partition coefficient (Wildman–Crippen LogP) is 4.54. The van der Waals surface area contributed by atoms with Gasteiger partial charge in [-0.15, -0.1) is 0 Å². The number of benzene rings is 2. The molecule has 0 radical (unpaired) electrons. The summed E-state index contributed by atoms with van der Waals surface area (Å²) >= 11 is 6.09. The fraction of sp³-hybridized carbons (Fsp3) is 0.200. The molecule has 0 saturated carbocycles. The van der Waals surface area contributed by atoms with E-state index in [9.17, 15) is 0 Å². The van der Waals surface area contributed by atoms with Crippen molar-refractivity contribution in [1.29, 1.82) is 0 Å². The van der Waals surface area contributed by atoms with Gasteiger partial charge in [0.15, 0.2) is 0 Å². The van der Waals surface area contributed by atoms with Crippen molar-refractivity contribution in [3.05, 3.63) is 70.9 Å². The number of hydrogen-bond acceptors (Lipinski definition) is 3. The van der Waals surface area contributed by atoms with Crippen molar-refractivity contribution in [3.63, 3.8) is 0 Å². The highest BCUT2D eigenvalue weighted by Crippen LogP contribution is 2.24. The van der Waals surface area contributed by atoms with E-state index in [0.717, 1.165) is 33.2 Å². The van der Waals surface area contributed by atoms with Gasteiger partial charge >= 0.3 is 0 Å². The van der Waals surface area contributed by atoms with Crippen molar-refractivity contribution >= 4 is 34.4 Å². The maximum Gasteiger partial charge on any atom is 0.104 e. The van der Waals surface area contributed by atoms with E-state index in [1.54, 1.807) is 6.20 Å². The quantitative estimate of drug-likeness (QED) is 0.415. The van der Waals surface area contributed by atoms with E-state index >= 15 is 0 Å². The molecule has 25 heavy (non-hydrogen) atoms. The van der Waals surface area contributed by atoms with E-state index in [4.69, 9.17) is 11.6 Å². The van der Waals surface area contributed by atoms with Crippen LogP contribution in [-0.2, 0) is 6.54 Å². The van der Waals surface area contributed by atoms with Gasteiger partial charge < -0.3 is 4.48 Å². The van der Waals surface area contributed by atoms with Gasteiger partial charge in [-0.3, -0.25) is 10.4 Å². The maximum atomic E-state index is 6.09. The Kier molecular flexibility index (Phi) is 5.02. The number of pyridine rings is 1. The van der Waals surface area contributed by atoms with Crippen molar-refractivity contribution in [2.75, 3.05) is 26.6 Å². The summed E-state index contributed by atoms with van der Waals surface area (Å²) in [5, 5.41) is 5.98. The second-order valence-corrected chi connectivity index (χ2v) is 7.52. The largest absolute Gasteiger partial charge is 0.327 e. The van der Waals surface area contributed by atoms with Crippen LogP contribution in [0.25, 0.3) is 10.9 Å². The zero-order chi connectivity index (χ0) is 17.9. The number of fused-ring (bicyclic) bond motifs is 1. The van der Waals surface area contributed by atoms with Crippen LogP contribution in [0, 0.1) is 0 Å². The number of hydrazone groups is 1. The Bertz CT molecular complexity index is 896. The third-order valence-corrected chi connectivity index (χ3v) is 3.97. The molecule has 0 aliphatic rings. The molecule has 1 heterocycles. The third kappa shape index (κ3) is 4.78. The SMILES string of the molecule is C[N+](C)(C)Cc1ccc(/C=N\Nc2ccnc3ccc(Cl)cc23)cc1. The highest BCUT2D eigenvalue weighted by atomic mass is 35.5. The van der Waals surface area contributed by atoms with Crippen molar-refractivity contribution in [1.82, 2.24) is 4.98 Å². The fourth-order valence-corrected chi connectivity index (χ4v) is 2.82. The van der Waals surface area contributed by atoms with Crippen LogP contribution in [0.2, 0.25) is 5.02 Å². The minimum absolute atomic E-state index is 0.681. The average Bonchev–Trinajstić information content (AvgIpc) is 2.55. The van der Waals surface area contributed by atoms with Crippen LogP contribution in [0.3, 0.4) is 0 Å². The van der Waals surface area contributed by atoms with Crippen molar-refractivity contribution in [3.8, 4) is 0 Å². The van der Waals surface area contributed by atoms with Crippen LogP contribution in [0.15, 0.2) is 59.8 Å². The summed E-state index contributed by atoms with van der Waals surface area (Å²) in [6, 6.07) is 16.0. The molecule has 0 unspecified atom stereocenters. The zero-order valence-corrected chi connectivity index (χ0v) is 15.5. The summed E-state index contributed by atoms with van der Waals surface area (Å²) in [5.41, 5.74) is 7.21. The summed E-state index contributed by atoms with van der Waals surface area (Å²) < 4.78 is 0.909. The van der Waals surface area contributed by atoms with Gasteiger partial charge in [-0.2, -0.15) is 5.10 Å². The lowest BCUT2D eigenvalue weighted by Gasteiger charge is -2.23. The van der Waals surface area contributed by atoms with Crippen molar-refractivity contribution in [2.24, 2.45) is 5.10 Å². The first-order valence-electron chi connectivity index (χ1n) is 8.13. The average molecular weight is 354 g/mol. The van der Waals surface area contributed by atoms with E-state index in [0.29, 0.717) is 5.02 Å². The van der Waals surface area contributed by atoms with Crippen LogP contribution in [0.5, 0.6) is 0 Å². The number of rotatable bonds is 5. The summed E-state index contributed by atoms with van der Waals surface area (Å²) in [6.45, 7) is 0.999. The predicted molar refractivity (Wildman–Crippen MR) is 106 cm³/mol. The number of halogens is 1. The lowest BCUT2D eigenvalue weighted by molar-refractivity contribution is -0.884. The summed E-state index contributed by atoms with van der Waals surface area (Å²) in [7, 11) is 6.56. The molecule has 128 valence electrons. The van der Waals surface area contributed by atoms with Gasteiger partial charge in [0.1, 0.15) is 6.54 Å². The van der Waals surface area contributed by atoms with Crippen LogP contribution >= 0.6 is 11.6 Å². The molecule has 0 bridgehead atoms. The lowest BCUT2D eigenvalue weighted by atomic mass is 10.1. The molecule has 5 heteroatoms. The minimum Gasteiger partial charge on any atom is -0.327 e. The lowest BCUT2D eigenvalue weighted by Crippen LogP contribution is -2.33. The molecular weight excluding hydrogens is 332 g/mol. The summed E-state index contributed by atoms with van der Waals surface area (Å²) in [5.74, 6) is 0. The third-order valence-electron chi connectivity index (χ3n) is 3.74. The molecule has 0 atom stereocenters. The number of hydrogen-bond donors (Lipinski definition) is 1. The van der Waals surface area contributed by atoms with E-state index in [-0.39, 0.29) is 0 Å². The van der Waals surface area contributed by atoms with E-state index < -0.39 is 0 Å². The van der Waals surface area contributed by atoms with Gasteiger partial charge in [-0.25, -0.2) is 0 Å². The molecule has 3 aromatic rings. The molecule has 0 aliphatic carbocycles. The van der Waals surface area contributed by atoms with Crippen LogP contribution < -0.4 is 5.43 Å². The van der Waals surface area contributed by atoms with E-state index in [2.05, 4.69) is 60.9 Å². The first-order valence-corrected chi connectivity index (χ1v) is 8.51. The van der Waals surface area contributed by atoms with Gasteiger partial charge in [-0.1, -0.05) is 35.9 Å². The molecule has 0 aliphatic heterocycles. The number of anilines is 1. The second kappa shape index (κ2) is 7.21. The Labute approximate surface area is 153 Å². The Hall–Kier alpha value is -2.43. The van der Waals surface area contributed by atoms with Gasteiger partial charge in [0, 0.05) is 22.2 Å². The van der Waals surface area contributed by atoms with E-state index in [1.807, 2.05) is 30.5 Å². The topological polar surface area (TPSA) is 37.3 Å². The number of nitrogens with one attached hydrogen (secondary N) is 1. The number of quaternary nitrogens is 1. The molecule has 0 saturated heterocycles. The summed E-state index contributed by atoms with van der Waals surface area (Å²) in [4.78, 5) is 4.34. The number of nitrogens with zero attached hydrogens (tertiary/aromatic N) is 3. The monoisotopic (exact) mass is 353 g/mol. The maximum absolute atomic E-state index is 6.09. The Balaban J connectivity index is 1.72. The molecule has 0 spiro atoms. The van der Waals surface area contributed by atoms with Gasteiger partial charge in [-0.05, 0) is 29.8 Å². The van der Waals surface area contributed by atoms with Gasteiger partial charge in [0.05, 0.1) is 38.6 Å². The first-order chi connectivity index (χ1) is 11.9. The molecule has 1 N–H and O–H groups in total. The van der Waals surface area contributed by atoms with Crippen LogP contribution in [0.1, 0.15) is 11.1 Å². The fourth-order valence-electron chi connectivity index (χ4n) is 2.65. The standard InChI is InChI=1S/C20H22ClN4/c1-25(2,3)14-16-6-4-15(5-7-16)13-23-24-20-10-11-22-19-9-8-17(21)12-18(19)20/h4-13H,14H2,1-3H3,(H,22,24)/q+1/b23-13-.